The van der Waals surface area contributed by atoms with Gasteiger partial charge in [-0.3, -0.25) is 4.79 Å². The van der Waals surface area contributed by atoms with Crippen LogP contribution in [0.1, 0.15) is 37.7 Å². The molecule has 1 amide bonds. The molecule has 3 nitrogen and oxygen atoms in total. The number of hydrogen-bond acceptors (Lipinski definition) is 2. The van der Waals surface area contributed by atoms with Gasteiger partial charge in [0.25, 0.3) is 0 Å². The van der Waals surface area contributed by atoms with E-state index < -0.39 is 0 Å². The van der Waals surface area contributed by atoms with Crippen LogP contribution in [0.15, 0.2) is 18.2 Å². The van der Waals surface area contributed by atoms with Gasteiger partial charge in [-0.25, -0.2) is 0 Å². The molecule has 3 rings (SSSR count). The Morgan fingerprint density at radius 2 is 2.00 bits per heavy atom. The van der Waals surface area contributed by atoms with Crippen LogP contribution in [0.25, 0.3) is 0 Å². The third-order valence-electron chi connectivity index (χ3n) is 4.72. The molecule has 120 valence electrons. The Labute approximate surface area is 142 Å². The molecule has 0 spiro atoms. The van der Waals surface area contributed by atoms with Crippen molar-refractivity contribution in [2.24, 2.45) is 0 Å². The van der Waals surface area contributed by atoms with E-state index in [-0.39, 0.29) is 5.91 Å². The number of fused-ring (bicyclic) bond motifs is 2. The van der Waals surface area contributed by atoms with Gasteiger partial charge in [0.05, 0.1) is 10.0 Å². The lowest BCUT2D eigenvalue weighted by Crippen LogP contribution is -2.38. The van der Waals surface area contributed by atoms with Crippen molar-refractivity contribution in [3.8, 4) is 0 Å². The number of amides is 1. The first-order chi connectivity index (χ1) is 10.6. The molecule has 2 fully saturated rings. The fraction of sp³-hybridized carbons (Fsp3) is 0.588. The molecule has 2 heterocycles. The Bertz CT molecular complexity index is 549. The number of benzene rings is 1. The normalized spacial score (nSPS) is 24.4. The quantitative estimate of drug-likeness (QED) is 0.906. The number of likely N-dealkylation sites (tertiary alicyclic amines) is 1. The van der Waals surface area contributed by atoms with E-state index >= 15 is 0 Å². The predicted octanol–water partition coefficient (Wildman–Crippen LogP) is 3.67. The Kier molecular flexibility index (Phi) is 5.27. The van der Waals surface area contributed by atoms with Crippen LogP contribution in [0.2, 0.25) is 10.0 Å². The molecular formula is C17H22Cl2N2O. The number of nitrogens with one attached hydrogen (secondary N) is 1. The van der Waals surface area contributed by atoms with E-state index in [0.717, 1.165) is 37.9 Å². The highest BCUT2D eigenvalue weighted by atomic mass is 35.5. The first-order valence-electron chi connectivity index (χ1n) is 8.09. The number of aryl methyl sites for hydroxylation is 1. The number of halogens is 2. The Balaban J connectivity index is 1.46. The molecule has 1 aromatic carbocycles. The number of rotatable bonds is 4. The maximum absolute atomic E-state index is 12.4. The highest BCUT2D eigenvalue weighted by molar-refractivity contribution is 6.42. The van der Waals surface area contributed by atoms with Gasteiger partial charge in [0.1, 0.15) is 0 Å². The first-order valence-corrected chi connectivity index (χ1v) is 8.85. The topological polar surface area (TPSA) is 32.3 Å². The summed E-state index contributed by atoms with van der Waals surface area (Å²) >= 11 is 11.9. The monoisotopic (exact) mass is 340 g/mol. The summed E-state index contributed by atoms with van der Waals surface area (Å²) in [5.41, 5.74) is 1.14. The SMILES string of the molecule is O=C(CCCc1ccc(Cl)c(Cl)c1)N1CCC2CCC(C1)N2. The molecule has 5 heteroatoms. The minimum Gasteiger partial charge on any atom is -0.341 e. The Hall–Kier alpha value is -0.770. The molecule has 2 unspecified atom stereocenters. The summed E-state index contributed by atoms with van der Waals surface area (Å²) in [6.07, 6.45) is 5.89. The third-order valence-corrected chi connectivity index (χ3v) is 5.46. The maximum Gasteiger partial charge on any atom is 0.222 e. The maximum atomic E-state index is 12.4. The molecule has 0 aromatic heterocycles. The molecule has 2 aliphatic heterocycles. The summed E-state index contributed by atoms with van der Waals surface area (Å²) in [5.74, 6) is 0.286. The fourth-order valence-electron chi connectivity index (χ4n) is 3.47. The van der Waals surface area contributed by atoms with E-state index in [0.29, 0.717) is 28.5 Å². The highest BCUT2D eigenvalue weighted by Crippen LogP contribution is 2.24. The predicted molar refractivity (Wildman–Crippen MR) is 90.5 cm³/mol. The number of carbonyl (C=O) groups is 1. The van der Waals surface area contributed by atoms with Crippen molar-refractivity contribution in [1.82, 2.24) is 10.2 Å². The summed E-state index contributed by atoms with van der Waals surface area (Å²) in [6, 6.07) is 6.82. The van der Waals surface area contributed by atoms with E-state index in [1.54, 1.807) is 0 Å². The Morgan fingerprint density at radius 1 is 1.18 bits per heavy atom. The van der Waals surface area contributed by atoms with Gasteiger partial charge in [-0.1, -0.05) is 29.3 Å². The molecule has 0 saturated carbocycles. The van der Waals surface area contributed by atoms with Gasteiger partial charge in [0, 0.05) is 31.6 Å². The largest absolute Gasteiger partial charge is 0.341 e. The van der Waals surface area contributed by atoms with E-state index in [1.165, 1.54) is 12.8 Å². The fourth-order valence-corrected chi connectivity index (χ4v) is 3.79. The standard InChI is InChI=1S/C17H22Cl2N2O/c18-15-7-4-12(10-16(15)19)2-1-3-17(22)21-9-8-13-5-6-14(11-21)20-13/h4,7,10,13-14,20H,1-3,5-6,8-9,11H2. The summed E-state index contributed by atoms with van der Waals surface area (Å²) in [6.45, 7) is 1.78. The molecule has 2 atom stereocenters. The van der Waals surface area contributed by atoms with Crippen molar-refractivity contribution in [2.45, 2.75) is 50.6 Å². The minimum atomic E-state index is 0.286. The zero-order valence-electron chi connectivity index (χ0n) is 12.7. The van der Waals surface area contributed by atoms with Crippen molar-refractivity contribution >= 4 is 29.1 Å². The van der Waals surface area contributed by atoms with Crippen molar-refractivity contribution in [1.29, 1.82) is 0 Å². The number of nitrogens with zero attached hydrogens (tertiary/aromatic N) is 1. The Morgan fingerprint density at radius 3 is 2.82 bits per heavy atom. The van der Waals surface area contributed by atoms with Crippen LogP contribution in [-0.2, 0) is 11.2 Å². The average Bonchev–Trinajstić information content (AvgIpc) is 2.82. The first kappa shape index (κ1) is 16.1. The number of carbonyl (C=O) groups excluding carboxylic acids is 1. The molecule has 1 N–H and O–H groups in total. The lowest BCUT2D eigenvalue weighted by molar-refractivity contribution is -0.131. The summed E-state index contributed by atoms with van der Waals surface area (Å²) in [7, 11) is 0. The van der Waals surface area contributed by atoms with E-state index in [9.17, 15) is 4.79 Å². The van der Waals surface area contributed by atoms with Crippen LogP contribution in [0.4, 0.5) is 0 Å². The molecule has 2 saturated heterocycles. The third kappa shape index (κ3) is 3.95. The van der Waals surface area contributed by atoms with Gasteiger partial charge in [-0.05, 0) is 49.8 Å². The van der Waals surface area contributed by atoms with Gasteiger partial charge in [0.15, 0.2) is 0 Å². The molecule has 0 radical (unpaired) electrons. The zero-order chi connectivity index (χ0) is 15.5. The van der Waals surface area contributed by atoms with E-state index in [2.05, 4.69) is 5.32 Å². The van der Waals surface area contributed by atoms with Crippen LogP contribution < -0.4 is 5.32 Å². The van der Waals surface area contributed by atoms with Crippen LogP contribution in [0, 0.1) is 0 Å². The molecule has 22 heavy (non-hydrogen) atoms. The molecule has 2 aliphatic rings. The van der Waals surface area contributed by atoms with Crippen molar-refractivity contribution in [2.75, 3.05) is 13.1 Å². The highest BCUT2D eigenvalue weighted by Gasteiger charge is 2.30. The smallest absolute Gasteiger partial charge is 0.222 e. The van der Waals surface area contributed by atoms with Crippen LogP contribution in [-0.4, -0.2) is 36.0 Å². The lowest BCUT2D eigenvalue weighted by atomic mass is 10.1. The van der Waals surface area contributed by atoms with Gasteiger partial charge < -0.3 is 10.2 Å². The van der Waals surface area contributed by atoms with Crippen molar-refractivity contribution < 1.29 is 4.79 Å². The van der Waals surface area contributed by atoms with Gasteiger partial charge >= 0.3 is 0 Å². The summed E-state index contributed by atoms with van der Waals surface area (Å²) in [4.78, 5) is 14.4. The molecule has 2 bridgehead atoms. The number of hydrogen-bond donors (Lipinski definition) is 1. The van der Waals surface area contributed by atoms with Gasteiger partial charge in [-0.2, -0.15) is 0 Å². The van der Waals surface area contributed by atoms with Crippen LogP contribution >= 0.6 is 23.2 Å². The molecule has 0 aliphatic carbocycles. The lowest BCUT2D eigenvalue weighted by Gasteiger charge is -2.24. The van der Waals surface area contributed by atoms with Gasteiger partial charge in [-0.15, -0.1) is 0 Å². The minimum absolute atomic E-state index is 0.286. The van der Waals surface area contributed by atoms with Crippen molar-refractivity contribution in [3.05, 3.63) is 33.8 Å². The van der Waals surface area contributed by atoms with Crippen LogP contribution in [0.5, 0.6) is 0 Å². The van der Waals surface area contributed by atoms with Crippen molar-refractivity contribution in [3.63, 3.8) is 0 Å². The van der Waals surface area contributed by atoms with E-state index in [4.69, 9.17) is 23.2 Å². The second-order valence-corrected chi connectivity index (χ2v) is 7.18. The zero-order valence-corrected chi connectivity index (χ0v) is 14.2. The molecule has 1 aromatic rings. The van der Waals surface area contributed by atoms with Gasteiger partial charge in [0.2, 0.25) is 5.91 Å². The summed E-state index contributed by atoms with van der Waals surface area (Å²) in [5, 5.41) is 4.77. The van der Waals surface area contributed by atoms with Crippen LogP contribution in [0.3, 0.4) is 0 Å². The molecular weight excluding hydrogens is 319 g/mol. The van der Waals surface area contributed by atoms with E-state index in [1.807, 2.05) is 23.1 Å². The average molecular weight is 341 g/mol. The summed E-state index contributed by atoms with van der Waals surface area (Å²) < 4.78 is 0. The second-order valence-electron chi connectivity index (χ2n) is 6.37. The second kappa shape index (κ2) is 7.20.